The van der Waals surface area contributed by atoms with Gasteiger partial charge in [0.2, 0.25) is 0 Å². The maximum absolute atomic E-state index is 2.42. The molecule has 0 aliphatic heterocycles. The normalized spacial score (nSPS) is 10.9. The fourth-order valence-electron chi connectivity index (χ4n) is 1.28. The van der Waals surface area contributed by atoms with Crippen LogP contribution >= 0.6 is 90.4 Å². The Bertz CT molecular complexity index is 458. The summed E-state index contributed by atoms with van der Waals surface area (Å²) in [6.07, 6.45) is 0. The molecule has 0 nitrogen and oxygen atoms in total. The average Bonchev–Trinajstić information content (AvgIpc) is 2.17. The molecule has 4 heteroatoms. The van der Waals surface area contributed by atoms with Gasteiger partial charge in [-0.1, -0.05) is 12.1 Å². The highest BCUT2D eigenvalue weighted by atomic mass is 127. The van der Waals surface area contributed by atoms with Crippen molar-refractivity contribution >= 4 is 101 Å². The van der Waals surface area contributed by atoms with Crippen LogP contribution in [0.5, 0.6) is 0 Å². The van der Waals surface area contributed by atoms with Gasteiger partial charge in [-0.25, -0.2) is 0 Å². The highest BCUT2D eigenvalue weighted by Crippen LogP contribution is 2.30. The first kappa shape index (κ1) is 12.1. The minimum atomic E-state index is 1.33. The first-order chi connectivity index (χ1) is 6.61. The molecule has 0 spiro atoms. The zero-order valence-electron chi connectivity index (χ0n) is 6.82. The standard InChI is InChI=1S/C10H4I4/c11-7-3-1-5-6(10(7)14)2-4-8(12)9(5)13/h1-4H. The third-order valence-electron chi connectivity index (χ3n) is 1.98. The first-order valence-electron chi connectivity index (χ1n) is 3.83. The second-order valence-electron chi connectivity index (χ2n) is 2.82. The van der Waals surface area contributed by atoms with Crippen molar-refractivity contribution in [2.24, 2.45) is 0 Å². The lowest BCUT2D eigenvalue weighted by atomic mass is 10.1. The van der Waals surface area contributed by atoms with E-state index in [1.807, 2.05) is 0 Å². The summed E-state index contributed by atoms with van der Waals surface area (Å²) in [4.78, 5) is 0. The lowest BCUT2D eigenvalue weighted by Gasteiger charge is -2.06. The molecule has 14 heavy (non-hydrogen) atoms. The summed E-state index contributed by atoms with van der Waals surface area (Å²) in [5.74, 6) is 0. The van der Waals surface area contributed by atoms with Crippen LogP contribution in [-0.4, -0.2) is 0 Å². The lowest BCUT2D eigenvalue weighted by molar-refractivity contribution is 1.59. The smallest absolute Gasteiger partial charge is 0.0342 e. The third kappa shape index (κ3) is 2.17. The van der Waals surface area contributed by atoms with E-state index in [9.17, 15) is 0 Å². The topological polar surface area (TPSA) is 0 Å². The van der Waals surface area contributed by atoms with Crippen molar-refractivity contribution in [3.63, 3.8) is 0 Å². The second-order valence-corrected chi connectivity index (χ2v) is 7.30. The predicted molar refractivity (Wildman–Crippen MR) is 94.8 cm³/mol. The zero-order valence-corrected chi connectivity index (χ0v) is 15.5. The minimum absolute atomic E-state index is 1.33. The second kappa shape index (κ2) is 4.86. The molecule has 0 saturated heterocycles. The van der Waals surface area contributed by atoms with E-state index in [1.54, 1.807) is 0 Å². The molecular formula is C10H4I4. The Kier molecular flexibility index (Phi) is 4.20. The van der Waals surface area contributed by atoms with Gasteiger partial charge in [-0.2, -0.15) is 0 Å². The van der Waals surface area contributed by atoms with Gasteiger partial charge in [-0.15, -0.1) is 0 Å². The summed E-state index contributed by atoms with van der Waals surface area (Å²) < 4.78 is 5.37. The monoisotopic (exact) mass is 632 g/mol. The SMILES string of the molecule is Ic1ccc2c(I)c(I)ccc2c1I. The largest absolute Gasteiger partial charge is 0.0522 e. The predicted octanol–water partition coefficient (Wildman–Crippen LogP) is 5.26. The Hall–Kier alpha value is 1.62. The maximum atomic E-state index is 2.42. The number of rotatable bonds is 0. The van der Waals surface area contributed by atoms with Gasteiger partial charge in [-0.3, -0.25) is 0 Å². The Balaban J connectivity index is 2.94. The summed E-state index contributed by atoms with van der Waals surface area (Å²) >= 11 is 9.60. The molecule has 0 heterocycles. The van der Waals surface area contributed by atoms with E-state index in [0.29, 0.717) is 0 Å². The molecular weight excluding hydrogens is 628 g/mol. The van der Waals surface area contributed by atoms with E-state index in [0.717, 1.165) is 0 Å². The Morgan fingerprint density at radius 3 is 1.29 bits per heavy atom. The zero-order chi connectivity index (χ0) is 10.3. The van der Waals surface area contributed by atoms with Crippen LogP contribution in [0.15, 0.2) is 24.3 Å². The van der Waals surface area contributed by atoms with Gasteiger partial charge in [0, 0.05) is 14.3 Å². The van der Waals surface area contributed by atoms with Crippen LogP contribution in [0.2, 0.25) is 0 Å². The summed E-state index contributed by atoms with van der Waals surface area (Å²) in [6.45, 7) is 0. The molecule has 0 amide bonds. The third-order valence-corrected chi connectivity index (χ3v) is 8.16. The molecule has 0 atom stereocenters. The van der Waals surface area contributed by atoms with Crippen LogP contribution in [0.25, 0.3) is 10.8 Å². The van der Waals surface area contributed by atoms with Crippen molar-refractivity contribution in [2.45, 2.75) is 0 Å². The number of benzene rings is 2. The number of halogens is 4. The Labute approximate surface area is 137 Å². The number of hydrogen-bond donors (Lipinski definition) is 0. The number of fused-ring (bicyclic) bond motifs is 1. The van der Waals surface area contributed by atoms with E-state index < -0.39 is 0 Å². The highest BCUT2D eigenvalue weighted by molar-refractivity contribution is 14.1. The molecule has 0 aromatic heterocycles. The van der Waals surface area contributed by atoms with Gasteiger partial charge in [-0.05, 0) is 113 Å². The molecule has 0 aliphatic rings. The molecule has 0 bridgehead atoms. The molecule has 2 rings (SSSR count). The molecule has 72 valence electrons. The fraction of sp³-hybridized carbons (Fsp3) is 0. The average molecular weight is 632 g/mol. The van der Waals surface area contributed by atoms with Crippen molar-refractivity contribution in [2.75, 3.05) is 0 Å². The van der Waals surface area contributed by atoms with Crippen molar-refractivity contribution in [1.29, 1.82) is 0 Å². The van der Waals surface area contributed by atoms with Gasteiger partial charge < -0.3 is 0 Å². The van der Waals surface area contributed by atoms with E-state index >= 15 is 0 Å². The quantitative estimate of drug-likeness (QED) is 0.349. The summed E-state index contributed by atoms with van der Waals surface area (Å²) in [7, 11) is 0. The molecule has 0 fully saturated rings. The molecule has 2 aromatic rings. The van der Waals surface area contributed by atoms with Crippen molar-refractivity contribution in [1.82, 2.24) is 0 Å². The molecule has 0 saturated carbocycles. The first-order valence-corrected chi connectivity index (χ1v) is 8.14. The summed E-state index contributed by atoms with van der Waals surface area (Å²) in [5, 5.41) is 2.73. The lowest BCUT2D eigenvalue weighted by Crippen LogP contribution is -1.87. The van der Waals surface area contributed by atoms with Crippen LogP contribution < -0.4 is 0 Å². The van der Waals surface area contributed by atoms with Crippen molar-refractivity contribution < 1.29 is 0 Å². The molecule has 0 aliphatic carbocycles. The van der Waals surface area contributed by atoms with Crippen molar-refractivity contribution in [3.05, 3.63) is 38.5 Å². The van der Waals surface area contributed by atoms with E-state index in [4.69, 9.17) is 0 Å². The van der Waals surface area contributed by atoms with E-state index in [1.165, 1.54) is 25.1 Å². The van der Waals surface area contributed by atoms with Gasteiger partial charge in [0.1, 0.15) is 0 Å². The van der Waals surface area contributed by atoms with Crippen LogP contribution in [0.3, 0.4) is 0 Å². The van der Waals surface area contributed by atoms with Gasteiger partial charge in [0.25, 0.3) is 0 Å². The van der Waals surface area contributed by atoms with Crippen LogP contribution in [0, 0.1) is 14.3 Å². The van der Waals surface area contributed by atoms with Crippen LogP contribution in [0.1, 0.15) is 0 Å². The van der Waals surface area contributed by atoms with E-state index in [2.05, 4.69) is 115 Å². The van der Waals surface area contributed by atoms with Gasteiger partial charge in [0.15, 0.2) is 0 Å². The van der Waals surface area contributed by atoms with Crippen molar-refractivity contribution in [3.8, 4) is 0 Å². The minimum Gasteiger partial charge on any atom is -0.0522 e. The van der Waals surface area contributed by atoms with Crippen LogP contribution in [0.4, 0.5) is 0 Å². The molecule has 0 N–H and O–H groups in total. The fourth-order valence-corrected chi connectivity index (χ4v) is 3.52. The molecule has 0 radical (unpaired) electrons. The summed E-state index contributed by atoms with van der Waals surface area (Å²) in [6, 6.07) is 8.79. The summed E-state index contributed by atoms with van der Waals surface area (Å²) in [5.41, 5.74) is 0. The number of hydrogen-bond acceptors (Lipinski definition) is 0. The Morgan fingerprint density at radius 1 is 0.571 bits per heavy atom. The maximum Gasteiger partial charge on any atom is 0.0342 e. The van der Waals surface area contributed by atoms with E-state index in [-0.39, 0.29) is 0 Å². The molecule has 2 aromatic carbocycles. The van der Waals surface area contributed by atoms with Gasteiger partial charge in [0.05, 0.1) is 0 Å². The van der Waals surface area contributed by atoms with Crippen LogP contribution in [-0.2, 0) is 0 Å². The highest BCUT2D eigenvalue weighted by Gasteiger charge is 2.07. The Morgan fingerprint density at radius 2 is 0.929 bits per heavy atom. The van der Waals surface area contributed by atoms with Gasteiger partial charge >= 0.3 is 0 Å². The molecule has 0 unspecified atom stereocenters.